The van der Waals surface area contributed by atoms with E-state index in [0.717, 1.165) is 5.56 Å². The highest BCUT2D eigenvalue weighted by molar-refractivity contribution is 6.42. The van der Waals surface area contributed by atoms with Crippen LogP contribution in [0.5, 0.6) is 11.5 Å². The summed E-state index contributed by atoms with van der Waals surface area (Å²) >= 11 is 11.8. The summed E-state index contributed by atoms with van der Waals surface area (Å²) in [6.45, 7) is 0. The Balaban J connectivity index is 1.83. The van der Waals surface area contributed by atoms with Crippen LogP contribution in [0.2, 0.25) is 10.0 Å². The standard InChI is InChI=1S/C15H11Cl2NO3/c16-10-3-1-8(5-11(10)17)6-14-15(20)18-12-4-2-9(19)7-13(12)21-14/h1-5,7,14,19H,6H2,(H,18,20). The van der Waals surface area contributed by atoms with Gasteiger partial charge in [0.15, 0.2) is 6.10 Å². The third-order valence-electron chi connectivity index (χ3n) is 3.19. The molecule has 0 spiro atoms. The largest absolute Gasteiger partial charge is 0.508 e. The number of aromatic hydroxyl groups is 1. The van der Waals surface area contributed by atoms with Crippen LogP contribution < -0.4 is 10.1 Å². The fourth-order valence-corrected chi connectivity index (χ4v) is 2.47. The molecule has 0 saturated heterocycles. The van der Waals surface area contributed by atoms with Crippen molar-refractivity contribution < 1.29 is 14.6 Å². The molecule has 6 heteroatoms. The SMILES string of the molecule is O=C1Nc2ccc(O)cc2OC1Cc1ccc(Cl)c(Cl)c1. The summed E-state index contributed by atoms with van der Waals surface area (Å²) in [5, 5.41) is 13.1. The predicted octanol–water partition coefficient (Wildman–Crippen LogP) is 3.64. The molecule has 0 fully saturated rings. The van der Waals surface area contributed by atoms with Crippen molar-refractivity contribution >= 4 is 34.8 Å². The Kier molecular flexibility index (Phi) is 3.66. The van der Waals surface area contributed by atoms with E-state index in [-0.39, 0.29) is 11.7 Å². The zero-order valence-electron chi connectivity index (χ0n) is 10.8. The molecule has 0 aliphatic carbocycles. The van der Waals surface area contributed by atoms with Gasteiger partial charge in [-0.15, -0.1) is 0 Å². The Hall–Kier alpha value is -1.91. The van der Waals surface area contributed by atoms with Crippen LogP contribution >= 0.6 is 23.2 Å². The monoisotopic (exact) mass is 323 g/mol. The van der Waals surface area contributed by atoms with Crippen LogP contribution in [0.3, 0.4) is 0 Å². The van der Waals surface area contributed by atoms with Gasteiger partial charge in [-0.25, -0.2) is 0 Å². The van der Waals surface area contributed by atoms with Crippen LogP contribution in [-0.4, -0.2) is 17.1 Å². The molecule has 2 N–H and O–H groups in total. The van der Waals surface area contributed by atoms with Crippen molar-refractivity contribution in [2.75, 3.05) is 5.32 Å². The van der Waals surface area contributed by atoms with Crippen molar-refractivity contribution in [3.8, 4) is 11.5 Å². The maximum absolute atomic E-state index is 12.0. The maximum Gasteiger partial charge on any atom is 0.265 e. The van der Waals surface area contributed by atoms with Gasteiger partial charge < -0.3 is 15.2 Å². The highest BCUT2D eigenvalue weighted by atomic mass is 35.5. The predicted molar refractivity (Wildman–Crippen MR) is 81.3 cm³/mol. The van der Waals surface area contributed by atoms with Crippen LogP contribution in [-0.2, 0) is 11.2 Å². The third-order valence-corrected chi connectivity index (χ3v) is 3.93. The number of benzene rings is 2. The second-order valence-electron chi connectivity index (χ2n) is 4.73. The second-order valence-corrected chi connectivity index (χ2v) is 5.54. The first-order valence-electron chi connectivity index (χ1n) is 6.27. The van der Waals surface area contributed by atoms with E-state index in [2.05, 4.69) is 5.32 Å². The topological polar surface area (TPSA) is 58.6 Å². The zero-order chi connectivity index (χ0) is 15.0. The normalized spacial score (nSPS) is 16.9. The molecule has 1 unspecified atom stereocenters. The summed E-state index contributed by atoms with van der Waals surface area (Å²) in [5.74, 6) is 0.289. The van der Waals surface area contributed by atoms with Crippen molar-refractivity contribution in [3.05, 3.63) is 52.0 Å². The Morgan fingerprint density at radius 2 is 1.95 bits per heavy atom. The summed E-state index contributed by atoms with van der Waals surface area (Å²) < 4.78 is 5.65. The van der Waals surface area contributed by atoms with E-state index in [0.29, 0.717) is 27.9 Å². The van der Waals surface area contributed by atoms with Gasteiger partial charge >= 0.3 is 0 Å². The number of phenolic OH excluding ortho intramolecular Hbond substituents is 1. The molecular weight excluding hydrogens is 313 g/mol. The highest BCUT2D eigenvalue weighted by Gasteiger charge is 2.28. The minimum Gasteiger partial charge on any atom is -0.508 e. The van der Waals surface area contributed by atoms with Gasteiger partial charge in [0.25, 0.3) is 5.91 Å². The molecule has 1 aliphatic heterocycles. The lowest BCUT2D eigenvalue weighted by atomic mass is 10.1. The molecule has 2 aromatic rings. The molecule has 1 heterocycles. The smallest absolute Gasteiger partial charge is 0.265 e. The van der Waals surface area contributed by atoms with Crippen LogP contribution in [0.1, 0.15) is 5.56 Å². The van der Waals surface area contributed by atoms with E-state index in [1.165, 1.54) is 12.1 Å². The van der Waals surface area contributed by atoms with Crippen molar-refractivity contribution in [2.45, 2.75) is 12.5 Å². The summed E-state index contributed by atoms with van der Waals surface area (Å²) in [4.78, 5) is 12.0. The molecule has 0 saturated carbocycles. The summed E-state index contributed by atoms with van der Waals surface area (Å²) in [5.41, 5.74) is 1.39. The van der Waals surface area contributed by atoms with Gasteiger partial charge in [-0.2, -0.15) is 0 Å². The molecule has 1 aliphatic rings. The summed E-state index contributed by atoms with van der Waals surface area (Å²) in [7, 11) is 0. The Morgan fingerprint density at radius 1 is 1.14 bits per heavy atom. The van der Waals surface area contributed by atoms with E-state index >= 15 is 0 Å². The number of anilines is 1. The zero-order valence-corrected chi connectivity index (χ0v) is 12.3. The van der Waals surface area contributed by atoms with Crippen molar-refractivity contribution in [1.29, 1.82) is 0 Å². The van der Waals surface area contributed by atoms with Crippen molar-refractivity contribution in [1.82, 2.24) is 0 Å². The Bertz CT molecular complexity index is 718. The molecule has 1 atom stereocenters. The number of nitrogens with one attached hydrogen (secondary N) is 1. The van der Waals surface area contributed by atoms with E-state index < -0.39 is 6.10 Å². The van der Waals surface area contributed by atoms with Crippen LogP contribution in [0, 0.1) is 0 Å². The van der Waals surface area contributed by atoms with Gasteiger partial charge in [-0.05, 0) is 29.8 Å². The average molecular weight is 324 g/mol. The number of hydrogen-bond donors (Lipinski definition) is 2. The van der Waals surface area contributed by atoms with Gasteiger partial charge in [-0.3, -0.25) is 4.79 Å². The first kappa shape index (κ1) is 14.0. The maximum atomic E-state index is 12.0. The van der Waals surface area contributed by atoms with Gasteiger partial charge in [0.2, 0.25) is 0 Å². The van der Waals surface area contributed by atoms with Crippen LogP contribution in [0.15, 0.2) is 36.4 Å². The minimum absolute atomic E-state index is 0.0817. The lowest BCUT2D eigenvalue weighted by molar-refractivity contribution is -0.123. The number of rotatable bonds is 2. The molecule has 3 rings (SSSR count). The number of carbonyl (C=O) groups excluding carboxylic acids is 1. The third kappa shape index (κ3) is 2.91. The first-order chi connectivity index (χ1) is 10.0. The van der Waals surface area contributed by atoms with Gasteiger partial charge in [0.1, 0.15) is 11.5 Å². The molecule has 0 aromatic heterocycles. The fraction of sp³-hybridized carbons (Fsp3) is 0.133. The first-order valence-corrected chi connectivity index (χ1v) is 7.03. The molecule has 108 valence electrons. The van der Waals surface area contributed by atoms with Crippen LogP contribution in [0.25, 0.3) is 0 Å². The molecule has 0 radical (unpaired) electrons. The second kappa shape index (κ2) is 5.47. The number of fused-ring (bicyclic) bond motifs is 1. The molecule has 1 amide bonds. The number of amides is 1. The number of ether oxygens (including phenoxy) is 1. The lowest BCUT2D eigenvalue weighted by Gasteiger charge is -2.26. The Morgan fingerprint density at radius 3 is 2.71 bits per heavy atom. The fourth-order valence-electron chi connectivity index (χ4n) is 2.15. The molecule has 0 bridgehead atoms. The average Bonchev–Trinajstić information content (AvgIpc) is 2.44. The summed E-state index contributed by atoms with van der Waals surface area (Å²) in [6, 6.07) is 9.73. The number of halogens is 2. The van der Waals surface area contributed by atoms with Crippen molar-refractivity contribution in [3.63, 3.8) is 0 Å². The highest BCUT2D eigenvalue weighted by Crippen LogP contribution is 2.33. The van der Waals surface area contributed by atoms with E-state index in [4.69, 9.17) is 27.9 Å². The molecular formula is C15H11Cl2NO3. The van der Waals surface area contributed by atoms with Gasteiger partial charge in [0.05, 0.1) is 15.7 Å². The summed E-state index contributed by atoms with van der Waals surface area (Å²) in [6.07, 6.45) is -0.325. The molecule has 21 heavy (non-hydrogen) atoms. The van der Waals surface area contributed by atoms with E-state index in [1.54, 1.807) is 24.3 Å². The van der Waals surface area contributed by atoms with Crippen LogP contribution in [0.4, 0.5) is 5.69 Å². The van der Waals surface area contributed by atoms with E-state index in [1.807, 2.05) is 0 Å². The lowest BCUT2D eigenvalue weighted by Crippen LogP contribution is -2.38. The molecule has 2 aromatic carbocycles. The minimum atomic E-state index is -0.684. The molecule has 4 nitrogen and oxygen atoms in total. The van der Waals surface area contributed by atoms with Gasteiger partial charge in [-0.1, -0.05) is 29.3 Å². The number of carbonyl (C=O) groups is 1. The van der Waals surface area contributed by atoms with Gasteiger partial charge in [0, 0.05) is 12.5 Å². The number of phenols is 1. The quantitative estimate of drug-likeness (QED) is 0.829. The van der Waals surface area contributed by atoms with Crippen molar-refractivity contribution in [2.24, 2.45) is 0 Å². The van der Waals surface area contributed by atoms with E-state index in [9.17, 15) is 9.90 Å². The Labute approximate surface area is 131 Å². The number of hydrogen-bond acceptors (Lipinski definition) is 3.